The molecule has 1 aromatic carbocycles. The predicted molar refractivity (Wildman–Crippen MR) is 87.4 cm³/mol. The highest BCUT2D eigenvalue weighted by Gasteiger charge is 2.18. The normalized spacial score (nSPS) is 12.5. The molecule has 0 fully saturated rings. The average molecular weight is 317 g/mol. The molecule has 22 heavy (non-hydrogen) atoms. The summed E-state index contributed by atoms with van der Waals surface area (Å²) in [5.74, 6) is 0.816. The quantitative estimate of drug-likeness (QED) is 0.788. The number of fused-ring (bicyclic) bond motifs is 1. The largest absolute Gasteiger partial charge is 0.494 e. The maximum absolute atomic E-state index is 10.2. The van der Waals surface area contributed by atoms with Gasteiger partial charge in [0.25, 0.3) is 0 Å². The number of aromatic nitrogens is 2. The lowest BCUT2D eigenvalue weighted by atomic mass is 10.1. The number of nitrogens with zero attached hydrogens (tertiary/aromatic N) is 2. The second-order valence-corrected chi connectivity index (χ2v) is 5.49. The van der Waals surface area contributed by atoms with E-state index < -0.39 is 6.10 Å². The molecule has 0 aliphatic rings. The van der Waals surface area contributed by atoms with Crippen LogP contribution in [0.5, 0.6) is 5.75 Å². The van der Waals surface area contributed by atoms with Crippen molar-refractivity contribution in [2.24, 2.45) is 0 Å². The van der Waals surface area contributed by atoms with Crippen molar-refractivity contribution in [2.75, 3.05) is 6.61 Å². The molecule has 1 unspecified atom stereocenters. The Bertz CT molecular complexity index is 794. The summed E-state index contributed by atoms with van der Waals surface area (Å²) >= 11 is 6.06. The van der Waals surface area contributed by atoms with E-state index in [-0.39, 0.29) is 0 Å². The van der Waals surface area contributed by atoms with Crippen LogP contribution >= 0.6 is 11.6 Å². The molecule has 114 valence electrons. The van der Waals surface area contributed by atoms with E-state index in [1.807, 2.05) is 41.7 Å². The molecular weight excluding hydrogens is 300 g/mol. The van der Waals surface area contributed by atoms with Crippen LogP contribution in [0.3, 0.4) is 0 Å². The number of aliphatic hydroxyl groups excluding tert-OH is 1. The Kier molecular flexibility index (Phi) is 4.05. The summed E-state index contributed by atoms with van der Waals surface area (Å²) in [4.78, 5) is 4.62. The first-order valence-corrected chi connectivity index (χ1v) is 7.56. The monoisotopic (exact) mass is 316 g/mol. The van der Waals surface area contributed by atoms with Gasteiger partial charge in [-0.25, -0.2) is 4.98 Å². The molecule has 4 nitrogen and oxygen atoms in total. The standard InChI is InChI=1S/C17H17ClN2O2/c1-3-22-14-7-4-12(5-8-14)16-17(11(2)21)20-10-13(18)6-9-15(20)19-16/h4-11,21H,3H2,1-2H3. The molecule has 1 atom stereocenters. The number of halogens is 1. The SMILES string of the molecule is CCOc1ccc(-c2nc3ccc(Cl)cn3c2C(C)O)cc1. The Balaban J connectivity index is 2.15. The molecule has 2 heterocycles. The summed E-state index contributed by atoms with van der Waals surface area (Å²) < 4.78 is 7.29. The lowest BCUT2D eigenvalue weighted by molar-refractivity contribution is 0.194. The van der Waals surface area contributed by atoms with Gasteiger partial charge in [0.1, 0.15) is 11.4 Å². The molecule has 2 aromatic heterocycles. The van der Waals surface area contributed by atoms with E-state index in [0.29, 0.717) is 11.6 Å². The van der Waals surface area contributed by atoms with Crippen LogP contribution in [0.25, 0.3) is 16.9 Å². The van der Waals surface area contributed by atoms with Crippen molar-refractivity contribution >= 4 is 17.2 Å². The van der Waals surface area contributed by atoms with Crippen molar-refractivity contribution in [3.63, 3.8) is 0 Å². The smallest absolute Gasteiger partial charge is 0.137 e. The number of hydrogen-bond donors (Lipinski definition) is 1. The molecule has 0 aliphatic carbocycles. The average Bonchev–Trinajstić information content (AvgIpc) is 2.87. The topological polar surface area (TPSA) is 46.8 Å². The zero-order valence-corrected chi connectivity index (χ0v) is 13.2. The lowest BCUT2D eigenvalue weighted by Gasteiger charge is -2.09. The van der Waals surface area contributed by atoms with Crippen LogP contribution in [0.4, 0.5) is 0 Å². The number of imidazole rings is 1. The first-order valence-electron chi connectivity index (χ1n) is 7.19. The van der Waals surface area contributed by atoms with Crippen molar-refractivity contribution < 1.29 is 9.84 Å². The molecule has 1 N–H and O–H groups in total. The van der Waals surface area contributed by atoms with Gasteiger partial charge in [-0.3, -0.25) is 4.40 Å². The van der Waals surface area contributed by atoms with Gasteiger partial charge in [0.2, 0.25) is 0 Å². The van der Waals surface area contributed by atoms with Gasteiger partial charge in [-0.1, -0.05) is 11.6 Å². The van der Waals surface area contributed by atoms with Crippen LogP contribution in [-0.2, 0) is 0 Å². The predicted octanol–water partition coefficient (Wildman–Crippen LogP) is 4.11. The Hall–Kier alpha value is -2.04. The Morgan fingerprint density at radius 2 is 1.95 bits per heavy atom. The molecule has 0 radical (unpaired) electrons. The summed E-state index contributed by atoms with van der Waals surface area (Å²) in [6.07, 6.45) is 1.11. The number of benzene rings is 1. The van der Waals surface area contributed by atoms with E-state index in [0.717, 1.165) is 28.3 Å². The molecule has 5 heteroatoms. The van der Waals surface area contributed by atoms with E-state index in [9.17, 15) is 5.11 Å². The van der Waals surface area contributed by atoms with Gasteiger partial charge < -0.3 is 9.84 Å². The van der Waals surface area contributed by atoms with Crippen LogP contribution in [-0.4, -0.2) is 21.1 Å². The number of aliphatic hydroxyl groups is 1. The van der Waals surface area contributed by atoms with Crippen molar-refractivity contribution in [3.8, 4) is 17.0 Å². The molecule has 3 aromatic rings. The Morgan fingerprint density at radius 1 is 1.23 bits per heavy atom. The van der Waals surface area contributed by atoms with Gasteiger partial charge in [0.15, 0.2) is 0 Å². The fraction of sp³-hybridized carbons (Fsp3) is 0.235. The number of ether oxygens (including phenoxy) is 1. The highest BCUT2D eigenvalue weighted by atomic mass is 35.5. The van der Waals surface area contributed by atoms with Crippen molar-refractivity contribution in [2.45, 2.75) is 20.0 Å². The minimum Gasteiger partial charge on any atom is -0.494 e. The van der Waals surface area contributed by atoms with Crippen LogP contribution in [0.1, 0.15) is 25.6 Å². The highest BCUT2D eigenvalue weighted by molar-refractivity contribution is 6.30. The summed E-state index contributed by atoms with van der Waals surface area (Å²) in [7, 11) is 0. The maximum Gasteiger partial charge on any atom is 0.137 e. The fourth-order valence-corrected chi connectivity index (χ4v) is 2.68. The van der Waals surface area contributed by atoms with Gasteiger partial charge in [-0.05, 0) is 50.2 Å². The first-order chi connectivity index (χ1) is 10.6. The Morgan fingerprint density at radius 3 is 2.59 bits per heavy atom. The van der Waals surface area contributed by atoms with Crippen LogP contribution in [0.15, 0.2) is 42.6 Å². The molecule has 0 saturated heterocycles. The first kappa shape index (κ1) is 14.9. The zero-order valence-electron chi connectivity index (χ0n) is 12.5. The van der Waals surface area contributed by atoms with Gasteiger partial charge in [0.05, 0.1) is 29.1 Å². The summed E-state index contributed by atoms with van der Waals surface area (Å²) in [6.45, 7) is 4.30. The lowest BCUT2D eigenvalue weighted by Crippen LogP contribution is -1.99. The van der Waals surface area contributed by atoms with Crippen LogP contribution in [0, 0.1) is 0 Å². The Labute approximate surface area is 133 Å². The van der Waals surface area contributed by atoms with E-state index in [2.05, 4.69) is 4.98 Å². The van der Waals surface area contributed by atoms with Crippen molar-refractivity contribution in [1.82, 2.24) is 9.38 Å². The number of pyridine rings is 1. The minimum atomic E-state index is -0.657. The van der Waals surface area contributed by atoms with E-state index in [4.69, 9.17) is 16.3 Å². The van der Waals surface area contributed by atoms with E-state index >= 15 is 0 Å². The third-order valence-electron chi connectivity index (χ3n) is 3.45. The molecular formula is C17H17ClN2O2. The van der Waals surface area contributed by atoms with Gasteiger partial charge >= 0.3 is 0 Å². The summed E-state index contributed by atoms with van der Waals surface area (Å²) in [5, 5.41) is 10.8. The second-order valence-electron chi connectivity index (χ2n) is 5.05. The molecule has 0 bridgehead atoms. The third kappa shape index (κ3) is 2.67. The molecule has 0 saturated carbocycles. The van der Waals surface area contributed by atoms with Gasteiger partial charge in [-0.15, -0.1) is 0 Å². The fourth-order valence-electron chi connectivity index (χ4n) is 2.52. The van der Waals surface area contributed by atoms with E-state index in [1.54, 1.807) is 19.2 Å². The second kappa shape index (κ2) is 5.99. The van der Waals surface area contributed by atoms with Crippen molar-refractivity contribution in [1.29, 1.82) is 0 Å². The number of rotatable bonds is 4. The van der Waals surface area contributed by atoms with E-state index in [1.165, 1.54) is 0 Å². The maximum atomic E-state index is 10.2. The molecule has 0 amide bonds. The van der Waals surface area contributed by atoms with Crippen LogP contribution in [0.2, 0.25) is 5.02 Å². The molecule has 0 spiro atoms. The number of hydrogen-bond acceptors (Lipinski definition) is 3. The minimum absolute atomic E-state index is 0.602. The summed E-state index contributed by atoms with van der Waals surface area (Å²) in [6, 6.07) is 11.3. The van der Waals surface area contributed by atoms with Gasteiger partial charge in [0, 0.05) is 11.8 Å². The summed E-state index contributed by atoms with van der Waals surface area (Å²) in [5.41, 5.74) is 3.16. The van der Waals surface area contributed by atoms with Crippen molar-refractivity contribution in [3.05, 3.63) is 53.3 Å². The third-order valence-corrected chi connectivity index (χ3v) is 3.68. The van der Waals surface area contributed by atoms with Gasteiger partial charge in [-0.2, -0.15) is 0 Å². The zero-order chi connectivity index (χ0) is 15.7. The molecule has 0 aliphatic heterocycles. The molecule has 3 rings (SSSR count). The van der Waals surface area contributed by atoms with Crippen LogP contribution < -0.4 is 4.74 Å². The highest BCUT2D eigenvalue weighted by Crippen LogP contribution is 2.30.